The van der Waals surface area contributed by atoms with Crippen LogP contribution in [0.5, 0.6) is 0 Å². The van der Waals surface area contributed by atoms with Crippen LogP contribution in [0.4, 0.5) is 10.6 Å². The van der Waals surface area contributed by atoms with E-state index < -0.39 is 0 Å². The number of aromatic nitrogens is 3. The molecule has 0 saturated carbocycles. The molecule has 7 nitrogen and oxygen atoms in total. The third-order valence-corrected chi connectivity index (χ3v) is 5.31. The monoisotopic (exact) mass is 379 g/mol. The maximum atomic E-state index is 13.1. The van der Waals surface area contributed by atoms with Crippen molar-refractivity contribution in [2.75, 3.05) is 11.9 Å². The number of carbonyl (C=O) groups excluding carboxylic acids is 1. The number of rotatable bonds is 3. The number of benzene rings is 1. The van der Waals surface area contributed by atoms with Gasteiger partial charge in [-0.15, -0.1) is 0 Å². The van der Waals surface area contributed by atoms with Crippen molar-refractivity contribution in [2.45, 2.75) is 39.2 Å². The topological polar surface area (TPSA) is 76.2 Å². The number of hydrogen-bond acceptors (Lipinski definition) is 4. The number of carbonyl (C=O) groups is 1. The maximum absolute atomic E-state index is 13.1. The first kappa shape index (κ1) is 18.3. The standard InChI is InChI=1S/C21H25N5O2/c1-14-13-17(24-28-14)18-11-7-8-12-26(18)21(27)22-20-15(2)19(23-25(20)3)16-9-5-4-6-10-16/h4-6,9-10,13,18H,7-8,11-12H2,1-3H3,(H,22,27). The van der Waals surface area contributed by atoms with Crippen molar-refractivity contribution in [1.82, 2.24) is 19.8 Å². The second-order valence-corrected chi connectivity index (χ2v) is 7.31. The second kappa shape index (κ2) is 7.50. The molecule has 146 valence electrons. The summed E-state index contributed by atoms with van der Waals surface area (Å²) in [5.74, 6) is 1.47. The highest BCUT2D eigenvalue weighted by Crippen LogP contribution is 2.32. The minimum Gasteiger partial charge on any atom is -0.361 e. The number of amides is 2. The van der Waals surface area contributed by atoms with Crippen molar-refractivity contribution in [3.8, 4) is 11.3 Å². The summed E-state index contributed by atoms with van der Waals surface area (Å²) in [5, 5.41) is 11.8. The molecule has 3 heterocycles. The summed E-state index contributed by atoms with van der Waals surface area (Å²) in [6.07, 6.45) is 2.95. The van der Waals surface area contributed by atoms with E-state index in [0.29, 0.717) is 12.4 Å². The lowest BCUT2D eigenvalue weighted by Gasteiger charge is -2.34. The van der Waals surface area contributed by atoms with Gasteiger partial charge in [0.25, 0.3) is 0 Å². The second-order valence-electron chi connectivity index (χ2n) is 7.31. The zero-order chi connectivity index (χ0) is 19.7. The smallest absolute Gasteiger partial charge is 0.323 e. The zero-order valence-corrected chi connectivity index (χ0v) is 16.5. The largest absolute Gasteiger partial charge is 0.361 e. The Morgan fingerprint density at radius 1 is 1.21 bits per heavy atom. The van der Waals surface area contributed by atoms with E-state index in [4.69, 9.17) is 4.52 Å². The molecule has 1 aliphatic rings. The molecule has 28 heavy (non-hydrogen) atoms. The summed E-state index contributed by atoms with van der Waals surface area (Å²) in [6.45, 7) is 4.55. The fraction of sp³-hybridized carbons (Fsp3) is 0.381. The summed E-state index contributed by atoms with van der Waals surface area (Å²) >= 11 is 0. The Bertz CT molecular complexity index is 976. The Kier molecular flexibility index (Phi) is 4.90. The van der Waals surface area contributed by atoms with Crippen LogP contribution in [0.2, 0.25) is 0 Å². The first-order chi connectivity index (χ1) is 13.5. The van der Waals surface area contributed by atoms with Gasteiger partial charge in [0.15, 0.2) is 0 Å². The number of nitrogens with one attached hydrogen (secondary N) is 1. The Morgan fingerprint density at radius 2 is 2.00 bits per heavy atom. The summed E-state index contributed by atoms with van der Waals surface area (Å²) < 4.78 is 6.96. The maximum Gasteiger partial charge on any atom is 0.323 e. The molecule has 4 rings (SSSR count). The fourth-order valence-electron chi connectivity index (χ4n) is 3.87. The molecule has 1 atom stereocenters. The van der Waals surface area contributed by atoms with Crippen molar-refractivity contribution in [3.05, 3.63) is 53.4 Å². The van der Waals surface area contributed by atoms with Gasteiger partial charge in [0.2, 0.25) is 0 Å². The molecule has 0 aliphatic carbocycles. The first-order valence-corrected chi connectivity index (χ1v) is 9.64. The highest BCUT2D eigenvalue weighted by molar-refractivity contribution is 5.90. The van der Waals surface area contributed by atoms with E-state index in [2.05, 4.69) is 15.6 Å². The molecule has 1 N–H and O–H groups in total. The summed E-state index contributed by atoms with van der Waals surface area (Å²) in [5.41, 5.74) is 3.68. The minimum absolute atomic E-state index is 0.0617. The van der Waals surface area contributed by atoms with E-state index in [1.807, 2.05) is 62.2 Å². The molecular formula is C21H25N5O2. The molecule has 0 spiro atoms. The molecule has 2 amide bonds. The van der Waals surface area contributed by atoms with E-state index in [1.54, 1.807) is 4.68 Å². The summed E-state index contributed by atoms with van der Waals surface area (Å²) in [7, 11) is 1.85. The molecular weight excluding hydrogens is 354 g/mol. The number of hydrogen-bond donors (Lipinski definition) is 1. The average molecular weight is 379 g/mol. The minimum atomic E-state index is -0.129. The van der Waals surface area contributed by atoms with Gasteiger partial charge in [0.1, 0.15) is 17.3 Å². The number of anilines is 1. The van der Waals surface area contributed by atoms with Crippen molar-refractivity contribution >= 4 is 11.8 Å². The predicted octanol–water partition coefficient (Wildman–Crippen LogP) is 4.45. The lowest BCUT2D eigenvalue weighted by atomic mass is 9.99. The molecule has 1 aliphatic heterocycles. The highest BCUT2D eigenvalue weighted by Gasteiger charge is 2.31. The van der Waals surface area contributed by atoms with Crippen LogP contribution in [-0.4, -0.2) is 32.4 Å². The van der Waals surface area contributed by atoms with Crippen LogP contribution in [0.1, 0.15) is 42.3 Å². The normalized spacial score (nSPS) is 17.0. The number of aryl methyl sites for hydroxylation is 2. The van der Waals surface area contributed by atoms with Gasteiger partial charge >= 0.3 is 6.03 Å². The molecule has 1 unspecified atom stereocenters. The van der Waals surface area contributed by atoms with Gasteiger partial charge in [-0.3, -0.25) is 10.00 Å². The predicted molar refractivity (Wildman–Crippen MR) is 107 cm³/mol. The van der Waals surface area contributed by atoms with Crippen molar-refractivity contribution in [2.24, 2.45) is 7.05 Å². The molecule has 1 saturated heterocycles. The molecule has 1 aromatic carbocycles. The van der Waals surface area contributed by atoms with Crippen LogP contribution in [0.3, 0.4) is 0 Å². The van der Waals surface area contributed by atoms with Gasteiger partial charge < -0.3 is 9.42 Å². The van der Waals surface area contributed by atoms with E-state index in [9.17, 15) is 4.79 Å². The molecule has 2 aromatic heterocycles. The molecule has 1 fully saturated rings. The summed E-state index contributed by atoms with van der Waals surface area (Å²) in [4.78, 5) is 15.0. The van der Waals surface area contributed by atoms with Gasteiger partial charge in [0, 0.05) is 30.8 Å². The Balaban J connectivity index is 1.58. The molecule has 7 heteroatoms. The number of piperidine rings is 1. The Labute approximate surface area is 164 Å². The Hall–Kier alpha value is -3.09. The van der Waals surface area contributed by atoms with Crippen molar-refractivity contribution < 1.29 is 9.32 Å². The van der Waals surface area contributed by atoms with Gasteiger partial charge in [-0.1, -0.05) is 35.5 Å². The molecule has 0 bridgehead atoms. The average Bonchev–Trinajstić information content (AvgIpc) is 3.27. The number of urea groups is 1. The van der Waals surface area contributed by atoms with Crippen LogP contribution >= 0.6 is 0 Å². The van der Waals surface area contributed by atoms with E-state index >= 15 is 0 Å². The first-order valence-electron chi connectivity index (χ1n) is 9.64. The molecule has 0 radical (unpaired) electrons. The zero-order valence-electron chi connectivity index (χ0n) is 16.5. The van der Waals surface area contributed by atoms with Gasteiger partial charge in [0.05, 0.1) is 11.7 Å². The third kappa shape index (κ3) is 3.40. The van der Waals surface area contributed by atoms with E-state index in [1.165, 1.54) is 0 Å². The lowest BCUT2D eigenvalue weighted by Crippen LogP contribution is -2.41. The third-order valence-electron chi connectivity index (χ3n) is 5.31. The van der Waals surface area contributed by atoms with E-state index in [0.717, 1.165) is 47.5 Å². The van der Waals surface area contributed by atoms with Crippen LogP contribution in [-0.2, 0) is 7.05 Å². The highest BCUT2D eigenvalue weighted by atomic mass is 16.5. The van der Waals surface area contributed by atoms with Crippen molar-refractivity contribution in [1.29, 1.82) is 0 Å². The fourth-order valence-corrected chi connectivity index (χ4v) is 3.87. The van der Waals surface area contributed by atoms with E-state index in [-0.39, 0.29) is 12.1 Å². The van der Waals surface area contributed by atoms with Crippen LogP contribution in [0.25, 0.3) is 11.3 Å². The van der Waals surface area contributed by atoms with Crippen LogP contribution < -0.4 is 5.32 Å². The van der Waals surface area contributed by atoms with Crippen molar-refractivity contribution in [3.63, 3.8) is 0 Å². The molecule has 3 aromatic rings. The van der Waals surface area contributed by atoms with Crippen LogP contribution in [0.15, 0.2) is 40.9 Å². The van der Waals surface area contributed by atoms with Crippen LogP contribution in [0, 0.1) is 13.8 Å². The Morgan fingerprint density at radius 3 is 2.71 bits per heavy atom. The SMILES string of the molecule is Cc1cc(C2CCCCN2C(=O)Nc2c(C)c(-c3ccccc3)nn2C)no1. The lowest BCUT2D eigenvalue weighted by molar-refractivity contribution is 0.159. The summed E-state index contributed by atoms with van der Waals surface area (Å²) in [6, 6.07) is 11.7. The van der Waals surface area contributed by atoms with Gasteiger partial charge in [-0.25, -0.2) is 4.79 Å². The van der Waals surface area contributed by atoms with Gasteiger partial charge in [-0.2, -0.15) is 5.10 Å². The quantitative estimate of drug-likeness (QED) is 0.729. The number of nitrogens with zero attached hydrogens (tertiary/aromatic N) is 4. The number of likely N-dealkylation sites (tertiary alicyclic amines) is 1. The van der Waals surface area contributed by atoms with Gasteiger partial charge in [-0.05, 0) is 33.1 Å².